The quantitative estimate of drug-likeness (QED) is 0.123. The van der Waals surface area contributed by atoms with Crippen LogP contribution in [0.25, 0.3) is 128 Å². The maximum atomic E-state index is 9.28. The van der Waals surface area contributed by atoms with Crippen LogP contribution in [0, 0.1) is 20.0 Å². The highest BCUT2D eigenvalue weighted by Gasteiger charge is 2.40. The molecule has 90 heavy (non-hydrogen) atoms. The zero-order valence-electron chi connectivity index (χ0n) is 58.6. The second-order valence-corrected chi connectivity index (χ2v) is 28.4. The molecule has 1 aliphatic carbocycles. The van der Waals surface area contributed by atoms with Crippen LogP contribution in [-0.4, -0.2) is 14.1 Å². The van der Waals surface area contributed by atoms with Crippen LogP contribution in [0.2, 0.25) is 0 Å². The summed E-state index contributed by atoms with van der Waals surface area (Å²) < 4.78 is 75.6. The van der Waals surface area contributed by atoms with Crippen LogP contribution in [0.3, 0.4) is 0 Å². The number of furan rings is 1. The number of benzene rings is 10. The Morgan fingerprint density at radius 2 is 1.14 bits per heavy atom. The Hall–Kier alpha value is -9.78. The lowest BCUT2D eigenvalue weighted by atomic mass is 9.62. The van der Waals surface area contributed by atoms with Gasteiger partial charge in [0, 0.05) is 42.0 Å². The molecule has 6 heteroatoms. The number of fused-ring (bicyclic) bond motifs is 14. The summed E-state index contributed by atoms with van der Waals surface area (Å²) in [4.78, 5) is 4.96. The van der Waals surface area contributed by atoms with Gasteiger partial charge in [0.25, 0.3) is 6.33 Å². The Bertz CT molecular complexity index is 5550. The minimum Gasteiger partial charge on any atom is -0.458 e. The summed E-state index contributed by atoms with van der Waals surface area (Å²) in [6.07, 6.45) is 7.88. The van der Waals surface area contributed by atoms with E-state index in [1.54, 1.807) is 18.2 Å². The summed E-state index contributed by atoms with van der Waals surface area (Å²) in [5, 5.41) is 4.20. The average Bonchev–Trinajstić information content (AvgIpc) is 1.47. The summed E-state index contributed by atoms with van der Waals surface area (Å²) in [6, 6.07) is 68.7. The number of hydrogen-bond donors (Lipinski definition) is 0. The number of aryl methyl sites for hydroxylation is 2. The molecule has 16 rings (SSSR count). The van der Waals surface area contributed by atoms with E-state index in [9.17, 15) is 8.22 Å². The third kappa shape index (κ3) is 8.80. The molecule has 2 aliphatic rings. The van der Waals surface area contributed by atoms with E-state index in [1.165, 1.54) is 16.7 Å². The summed E-state index contributed by atoms with van der Waals surface area (Å²) in [5.41, 5.74) is 18.3. The zero-order valence-corrected chi connectivity index (χ0v) is 52.6. The smallest absolute Gasteiger partial charge is 0.269 e. The molecule has 14 aromatic rings. The predicted molar refractivity (Wildman–Crippen MR) is 372 cm³/mol. The topological polar surface area (TPSA) is 49.0 Å². The van der Waals surface area contributed by atoms with Crippen LogP contribution in [-0.2, 0) is 21.7 Å². The van der Waals surface area contributed by atoms with Crippen LogP contribution >= 0.6 is 0 Å². The van der Waals surface area contributed by atoms with Crippen molar-refractivity contribution in [3.05, 3.63) is 246 Å². The van der Waals surface area contributed by atoms with Crippen LogP contribution in [0.15, 0.2) is 211 Å². The van der Waals surface area contributed by atoms with Crippen LogP contribution in [0.1, 0.15) is 124 Å². The monoisotopic (exact) mass is 1180 g/mol. The van der Waals surface area contributed by atoms with Gasteiger partial charge in [-0.05, 0) is 216 Å². The molecule has 0 N–H and O–H groups in total. The Balaban J connectivity index is 1.02. The van der Waals surface area contributed by atoms with Crippen molar-refractivity contribution in [1.29, 1.82) is 0 Å². The predicted octanol–water partition coefficient (Wildman–Crippen LogP) is 22.1. The SMILES string of the molecule is [2H]C([2H])([2H])c1cccc(C([2H])([2H])[2H])c1-c1cc(C(C)(C)C)cc2c1-[n+]1[c-]n(-c3cccc(Oc4ccc5c6ccccc6n(-c6cc(C(C)(C)C)ccn6)c5c4)c3)c3cc(-c4ccc5oc6ccccc6c5c4)cc(c31)-c1ccccc1-c1cc3c(cc1-2)C(C)(C)CCC3(C)C. The van der Waals surface area contributed by atoms with Crippen molar-refractivity contribution in [2.24, 2.45) is 0 Å². The second kappa shape index (κ2) is 19.9. The molecular formula is C84H74N4O2. The minimum absolute atomic E-state index is 0.0480. The van der Waals surface area contributed by atoms with Gasteiger partial charge in [-0.15, -0.1) is 0 Å². The molecule has 0 spiro atoms. The van der Waals surface area contributed by atoms with Crippen molar-refractivity contribution in [1.82, 2.24) is 14.1 Å². The van der Waals surface area contributed by atoms with E-state index < -0.39 is 19.1 Å². The van der Waals surface area contributed by atoms with Gasteiger partial charge in [0.15, 0.2) is 0 Å². The van der Waals surface area contributed by atoms with Gasteiger partial charge in [-0.1, -0.05) is 184 Å². The van der Waals surface area contributed by atoms with E-state index in [2.05, 4.69) is 229 Å². The summed E-state index contributed by atoms with van der Waals surface area (Å²) in [7, 11) is 0. The van der Waals surface area contributed by atoms with E-state index in [4.69, 9.17) is 14.1 Å². The molecule has 0 atom stereocenters. The maximum absolute atomic E-state index is 9.28. The summed E-state index contributed by atoms with van der Waals surface area (Å²) in [5.74, 6) is 2.04. The van der Waals surface area contributed by atoms with E-state index in [0.717, 1.165) is 129 Å². The number of nitrogens with zero attached hydrogens (tertiary/aromatic N) is 4. The van der Waals surface area contributed by atoms with Crippen LogP contribution in [0.4, 0.5) is 0 Å². The molecule has 10 aromatic carbocycles. The highest BCUT2D eigenvalue weighted by atomic mass is 16.5. The van der Waals surface area contributed by atoms with Crippen molar-refractivity contribution < 1.29 is 21.9 Å². The minimum atomic E-state index is -2.72. The fourth-order valence-electron chi connectivity index (χ4n) is 14.5. The third-order valence-corrected chi connectivity index (χ3v) is 19.6. The zero-order chi connectivity index (χ0) is 66.9. The Morgan fingerprint density at radius 1 is 0.500 bits per heavy atom. The summed E-state index contributed by atoms with van der Waals surface area (Å²) >= 11 is 0. The molecule has 0 bridgehead atoms. The maximum Gasteiger partial charge on any atom is 0.269 e. The number of para-hydroxylation sites is 2. The molecule has 4 aromatic heterocycles. The van der Waals surface area contributed by atoms with Gasteiger partial charge < -0.3 is 9.15 Å². The highest BCUT2D eigenvalue weighted by Crippen LogP contribution is 2.54. The summed E-state index contributed by atoms with van der Waals surface area (Å²) in [6.45, 7) is 17.1. The van der Waals surface area contributed by atoms with Crippen molar-refractivity contribution in [2.75, 3.05) is 0 Å². The lowest BCUT2D eigenvalue weighted by Gasteiger charge is -2.42. The number of ether oxygens (including phenoxy) is 1. The number of imidazole rings is 1. The lowest BCUT2D eigenvalue weighted by Crippen LogP contribution is -2.34. The fraction of sp³-hybridized carbons (Fsp3) is 0.214. The van der Waals surface area contributed by atoms with Gasteiger partial charge in [-0.3, -0.25) is 13.7 Å². The molecule has 442 valence electrons. The van der Waals surface area contributed by atoms with E-state index in [1.807, 2.05) is 48.7 Å². The molecule has 0 saturated carbocycles. The normalized spacial score (nSPS) is 15.6. The van der Waals surface area contributed by atoms with Gasteiger partial charge in [0.2, 0.25) is 0 Å². The van der Waals surface area contributed by atoms with Gasteiger partial charge in [-0.2, -0.15) is 0 Å². The Labute approximate surface area is 536 Å². The fourth-order valence-corrected chi connectivity index (χ4v) is 14.5. The third-order valence-electron chi connectivity index (χ3n) is 19.6. The number of hydrogen-bond acceptors (Lipinski definition) is 3. The van der Waals surface area contributed by atoms with Gasteiger partial charge in [0.1, 0.15) is 28.5 Å². The highest BCUT2D eigenvalue weighted by molar-refractivity contribution is 6.10. The van der Waals surface area contributed by atoms with Crippen LogP contribution in [0.5, 0.6) is 11.5 Å². The largest absolute Gasteiger partial charge is 0.458 e. The average molecular weight is 1180 g/mol. The van der Waals surface area contributed by atoms with Gasteiger partial charge >= 0.3 is 0 Å². The molecule has 0 amide bonds. The first-order chi connectivity index (χ1) is 45.6. The first-order valence-corrected chi connectivity index (χ1v) is 31.5. The molecule has 1 aliphatic heterocycles. The van der Waals surface area contributed by atoms with E-state index in [0.29, 0.717) is 22.7 Å². The standard InChI is InChI=1S/C84H74N4O2/c1-50-21-19-22-51(2)78(50)69-43-55(82(6,7)8)42-68-65-48-71-70(83(9,10)36-37-84(71,11)12)47-64(65)59-25-13-14-26-60(59)67-40-53(52-31-34-76-66(39-52)63-28-16-18-30-75(63)90-76)41-74-80(67)87(79(68)69)49-86(74)56-23-20-24-57(45-56)89-58-32-33-62-61-27-15-17-29-72(61)88(73(62)46-58)77-44-54(35-38-85-77)81(3,4)5/h13-35,38-48H,36-37H2,1-12H3/i1D3,2D3. The van der Waals surface area contributed by atoms with E-state index in [-0.39, 0.29) is 32.9 Å². The van der Waals surface area contributed by atoms with Gasteiger partial charge in [0.05, 0.1) is 33.4 Å². The lowest BCUT2D eigenvalue weighted by molar-refractivity contribution is -0.570. The van der Waals surface area contributed by atoms with Crippen molar-refractivity contribution >= 4 is 54.8 Å². The first kappa shape index (κ1) is 49.1. The molecule has 5 heterocycles. The van der Waals surface area contributed by atoms with Crippen LogP contribution < -0.4 is 9.30 Å². The molecule has 0 fully saturated rings. The van der Waals surface area contributed by atoms with Crippen molar-refractivity contribution in [2.45, 2.75) is 117 Å². The van der Waals surface area contributed by atoms with Crippen molar-refractivity contribution in [3.8, 4) is 84.3 Å². The number of aromatic nitrogens is 4. The number of pyridine rings is 1. The molecule has 0 radical (unpaired) electrons. The molecule has 6 nitrogen and oxygen atoms in total. The molecule has 0 unspecified atom stereocenters. The first-order valence-electron chi connectivity index (χ1n) is 34.5. The Kier molecular flexibility index (Phi) is 10.8. The van der Waals surface area contributed by atoms with Gasteiger partial charge in [-0.25, -0.2) is 4.98 Å². The Morgan fingerprint density at radius 3 is 1.89 bits per heavy atom. The molecule has 0 saturated heterocycles. The van der Waals surface area contributed by atoms with Crippen molar-refractivity contribution in [3.63, 3.8) is 0 Å². The van der Waals surface area contributed by atoms with E-state index >= 15 is 0 Å². The molecular weight excluding hydrogens is 1100 g/mol. The second-order valence-electron chi connectivity index (χ2n) is 28.4. The number of rotatable bonds is 6.